The van der Waals surface area contributed by atoms with E-state index in [1.807, 2.05) is 42.5 Å². The number of epoxide rings is 1. The van der Waals surface area contributed by atoms with E-state index in [0.717, 1.165) is 75.6 Å². The number of fused-ring (bicyclic) bond motifs is 8. The van der Waals surface area contributed by atoms with Crippen molar-refractivity contribution < 1.29 is 113 Å². The molecule has 544 valence electrons. The summed E-state index contributed by atoms with van der Waals surface area (Å²) in [6.07, 6.45) is -12.3. The van der Waals surface area contributed by atoms with Gasteiger partial charge in [-0.25, -0.2) is 0 Å². The number of unbranched alkanes of at least 4 members (excludes halogenated alkanes) is 5. The van der Waals surface area contributed by atoms with Crippen LogP contribution in [-0.4, -0.2) is 211 Å². The highest BCUT2D eigenvalue weighted by atomic mass is 16.9. The van der Waals surface area contributed by atoms with E-state index in [-0.39, 0.29) is 60.0 Å². The molecule has 14 aliphatic rings. The minimum Gasteiger partial charge on any atom is -0.457 e. The molecule has 5 heterocycles. The van der Waals surface area contributed by atoms with Crippen LogP contribution in [0.5, 0.6) is 11.5 Å². The van der Waals surface area contributed by atoms with Crippen molar-refractivity contribution in [1.29, 1.82) is 0 Å². The van der Waals surface area contributed by atoms with Gasteiger partial charge in [-0.3, -0.25) is 9.59 Å². The number of hydrogen-bond acceptors (Lipinski definition) is 23. The summed E-state index contributed by atoms with van der Waals surface area (Å²) >= 11 is 0. The van der Waals surface area contributed by atoms with Crippen LogP contribution in [0.1, 0.15) is 143 Å². The molecular formula is C75H101NO23. The van der Waals surface area contributed by atoms with Crippen molar-refractivity contribution in [2.45, 2.75) is 273 Å². The fraction of sp³-hybridized carbons (Fsp3) is 0.773. The molecule has 99 heavy (non-hydrogen) atoms. The second kappa shape index (κ2) is 24.2. The van der Waals surface area contributed by atoms with Crippen LogP contribution < -0.4 is 10.1 Å². The lowest BCUT2D eigenvalue weighted by molar-refractivity contribution is -0.478. The summed E-state index contributed by atoms with van der Waals surface area (Å²) in [5.41, 5.74) is -3.46. The highest BCUT2D eigenvalue weighted by Crippen LogP contribution is 3.02. The molecule has 0 radical (unpaired) electrons. The second-order valence-electron chi connectivity index (χ2n) is 33.8. The van der Waals surface area contributed by atoms with Crippen LogP contribution >= 0.6 is 0 Å². The minimum absolute atomic E-state index is 0.114. The Kier molecular flexibility index (Phi) is 16.9. The third-order valence-corrected chi connectivity index (χ3v) is 29.1. The molecule has 0 aromatic heterocycles. The molecule has 2 aromatic carbocycles. The SMILES string of the molecule is CC1OC(OC2C(OC(=O)[C@]34CCC(C)(C)C5(O)CC6(C3C3=CC7CC8C9(C)CC%10(C)C[C@H](O[C@@H]%11OC(CNC(=O)CCCCCCCCc%12ccc(Oc%13ccccc%13)cc%12)[C@@H](O)C(O)C%11O)C%10(C=O)C9CCC78C36C)C54)OC3O[C@@H]3C2O)C(O)C(O)C1OC1OC[C@@H](O)C(O)C1O. The van der Waals surface area contributed by atoms with Crippen molar-refractivity contribution in [3.8, 4) is 11.5 Å². The van der Waals surface area contributed by atoms with E-state index in [1.54, 1.807) is 0 Å². The number of nitrogens with one attached hydrogen (secondary N) is 1. The Morgan fingerprint density at radius 2 is 1.35 bits per heavy atom. The number of aliphatic hydroxyl groups is 10. The number of aliphatic hydroxyl groups excluding tert-OH is 9. The predicted octanol–water partition coefficient (Wildman–Crippen LogP) is 3.89. The number of rotatable bonds is 22. The van der Waals surface area contributed by atoms with Gasteiger partial charge in [-0.05, 0) is 152 Å². The highest BCUT2D eigenvalue weighted by Gasteiger charge is 3.02. The molecule has 27 unspecified atom stereocenters. The van der Waals surface area contributed by atoms with E-state index < -0.39 is 173 Å². The van der Waals surface area contributed by atoms with Gasteiger partial charge in [0.2, 0.25) is 12.2 Å². The molecule has 1 amide bonds. The standard InChI is InChI=1S/C75H101NO23/c1-36-56(95-60-52(84)48(80)42(78)32-90-60)51(83)54(86)61(91-36)96-58-55(87)57-63(97-57)98-64(58)99-66(88)71-27-26-67(2,3)75(89)34-73(65(71)75)59(71)41-28-38-29-45-69(5)33-68(4)30-46(74(68,35-77)44(69)24-25-72(38,45)70(41,73)6)94-62-53(85)50(82)49(81)43(93-62)31-76-47(79)19-15-10-8-7-9-12-16-37-20-22-40(23-21-37)92-39-17-13-11-14-18-39/h11,13-14,17-18,20-23,28,35-36,38,42-46,48-65,78,80-87,89H,7-10,12,15-16,19,24-27,29-34H2,1-6H3,(H,76,79)/t36?,38?,42-,43?,44?,45?,46+,48?,49-,50?,51?,52?,53?,54?,55?,56?,57-,58?,59?,60?,61?,62+,63?,64?,65?,68?,69?,70?,71-,72?,73?,74?,75?/m1/s1. The molecule has 5 saturated heterocycles. The van der Waals surface area contributed by atoms with Crippen molar-refractivity contribution in [2.24, 2.45) is 72.9 Å². The van der Waals surface area contributed by atoms with Crippen LogP contribution in [-0.2, 0) is 63.4 Å². The largest absolute Gasteiger partial charge is 0.457 e. The topological polar surface area (TPSA) is 361 Å². The summed E-state index contributed by atoms with van der Waals surface area (Å²) in [4.78, 5) is 43.1. The summed E-state index contributed by atoms with van der Waals surface area (Å²) in [5.74, 6) is 0.253. The van der Waals surface area contributed by atoms with Gasteiger partial charge in [0.25, 0.3) is 0 Å². The van der Waals surface area contributed by atoms with E-state index >= 15 is 4.79 Å². The summed E-state index contributed by atoms with van der Waals surface area (Å²) in [7, 11) is 0. The van der Waals surface area contributed by atoms with Crippen molar-refractivity contribution in [3.05, 3.63) is 71.8 Å². The van der Waals surface area contributed by atoms with Crippen LogP contribution in [0.2, 0.25) is 0 Å². The van der Waals surface area contributed by atoms with Crippen LogP contribution in [0.3, 0.4) is 0 Å². The summed E-state index contributed by atoms with van der Waals surface area (Å²) in [6.45, 7) is 12.1. The van der Waals surface area contributed by atoms with E-state index in [9.17, 15) is 60.7 Å². The molecule has 16 rings (SSSR count). The monoisotopic (exact) mass is 1380 g/mol. The molecule has 24 nitrogen and oxygen atoms in total. The first-order valence-electron chi connectivity index (χ1n) is 36.6. The van der Waals surface area contributed by atoms with Crippen LogP contribution in [0.15, 0.2) is 66.2 Å². The van der Waals surface area contributed by atoms with Gasteiger partial charge in [0.05, 0.1) is 35.2 Å². The minimum atomic E-state index is -1.83. The zero-order valence-electron chi connectivity index (χ0n) is 57.3. The summed E-state index contributed by atoms with van der Waals surface area (Å²) < 4.78 is 60.8. The van der Waals surface area contributed by atoms with Gasteiger partial charge in [0, 0.05) is 30.2 Å². The molecule has 5 aliphatic heterocycles. The Balaban J connectivity index is 0.556. The number of ether oxygens (including phenoxy) is 10. The maximum atomic E-state index is 15.7. The van der Waals surface area contributed by atoms with Gasteiger partial charge in [-0.1, -0.05) is 102 Å². The Morgan fingerprint density at radius 3 is 2.10 bits per heavy atom. The summed E-state index contributed by atoms with van der Waals surface area (Å²) in [6, 6.07) is 17.9. The van der Waals surface area contributed by atoms with Gasteiger partial charge in [-0.15, -0.1) is 0 Å². The predicted molar refractivity (Wildman–Crippen MR) is 344 cm³/mol. The fourth-order valence-corrected chi connectivity index (χ4v) is 24.3. The molecule has 9 aliphatic carbocycles. The number of allylic oxidation sites excluding steroid dienone is 2. The van der Waals surface area contributed by atoms with Gasteiger partial charge >= 0.3 is 5.97 Å². The van der Waals surface area contributed by atoms with Crippen molar-refractivity contribution >= 4 is 18.2 Å². The molecule has 2 spiro atoms. The normalized spacial score (nSPS) is 51.6. The Bertz CT molecular complexity index is 3450. The molecule has 24 heteroatoms. The molecule has 8 saturated carbocycles. The van der Waals surface area contributed by atoms with Crippen molar-refractivity contribution in [2.75, 3.05) is 13.2 Å². The number of carbonyl (C=O) groups excluding carboxylic acids is 3. The maximum absolute atomic E-state index is 15.7. The number of hydrogen-bond donors (Lipinski definition) is 11. The molecule has 33 atom stereocenters. The van der Waals surface area contributed by atoms with Crippen LogP contribution in [0, 0.1) is 72.9 Å². The van der Waals surface area contributed by atoms with Crippen molar-refractivity contribution in [1.82, 2.24) is 5.32 Å². The number of amides is 1. The number of esters is 1. The molecule has 0 bridgehead atoms. The number of aldehydes is 1. The van der Waals surface area contributed by atoms with Crippen LogP contribution in [0.25, 0.3) is 0 Å². The highest BCUT2D eigenvalue weighted by molar-refractivity contribution is 5.85. The molecule has 13 fully saturated rings. The average Bonchev–Trinajstić information content (AvgIpc) is 1.56. The number of benzene rings is 2. The maximum Gasteiger partial charge on any atom is 0.315 e. The van der Waals surface area contributed by atoms with Crippen molar-refractivity contribution in [3.63, 3.8) is 0 Å². The number of aryl methyl sites for hydroxylation is 1. The number of para-hydroxylation sites is 1. The van der Waals surface area contributed by atoms with E-state index in [4.69, 9.17) is 47.4 Å². The van der Waals surface area contributed by atoms with Gasteiger partial charge in [-0.2, -0.15) is 0 Å². The average molecular weight is 1380 g/mol. The zero-order chi connectivity index (χ0) is 69.7. The first kappa shape index (κ1) is 69.3. The fourth-order valence-electron chi connectivity index (χ4n) is 24.3. The Hall–Kier alpha value is -4.13. The molecule has 11 N–H and O–H groups in total. The van der Waals surface area contributed by atoms with E-state index in [1.165, 1.54) is 18.1 Å². The quantitative estimate of drug-likeness (QED) is 0.0262. The van der Waals surface area contributed by atoms with Gasteiger partial charge in [0.1, 0.15) is 91.0 Å². The summed E-state index contributed by atoms with van der Waals surface area (Å²) in [5, 5.41) is 116. The molecule has 2 aromatic rings. The third-order valence-electron chi connectivity index (χ3n) is 29.1. The van der Waals surface area contributed by atoms with Gasteiger partial charge < -0.3 is 109 Å². The number of carbonyl (C=O) groups is 3. The van der Waals surface area contributed by atoms with Gasteiger partial charge in [0.15, 0.2) is 31.3 Å². The van der Waals surface area contributed by atoms with E-state index in [2.05, 4.69) is 58.1 Å². The smallest absolute Gasteiger partial charge is 0.315 e. The van der Waals surface area contributed by atoms with E-state index in [0.29, 0.717) is 38.5 Å². The first-order valence-corrected chi connectivity index (χ1v) is 36.6. The lowest BCUT2D eigenvalue weighted by Crippen LogP contribution is -2.96. The second-order valence-corrected chi connectivity index (χ2v) is 33.8. The lowest BCUT2D eigenvalue weighted by Gasteiger charge is -2.95. The third kappa shape index (κ3) is 9.56. The Morgan fingerprint density at radius 1 is 0.667 bits per heavy atom. The molecular weight excluding hydrogens is 1280 g/mol. The lowest BCUT2D eigenvalue weighted by atomic mass is 9.07. The first-order chi connectivity index (χ1) is 47.1. The zero-order valence-corrected chi connectivity index (χ0v) is 57.3. The Labute approximate surface area is 576 Å². The van der Waals surface area contributed by atoms with Crippen LogP contribution in [0.4, 0.5) is 0 Å².